The van der Waals surface area contributed by atoms with Gasteiger partial charge in [0.05, 0.1) is 11.2 Å². The molecule has 0 aromatic carbocycles. The van der Waals surface area contributed by atoms with Crippen LogP contribution < -0.4 is 5.32 Å². The van der Waals surface area contributed by atoms with Gasteiger partial charge < -0.3 is 10.1 Å². The molecule has 21 heavy (non-hydrogen) atoms. The molecule has 6 heteroatoms. The molecule has 1 aromatic rings. The lowest BCUT2D eigenvalue weighted by Crippen LogP contribution is -2.48. The molecule has 2 rings (SSSR count). The van der Waals surface area contributed by atoms with Gasteiger partial charge in [-0.3, -0.25) is 4.79 Å². The molecule has 1 fully saturated rings. The zero-order chi connectivity index (χ0) is 15.5. The van der Waals surface area contributed by atoms with Crippen LogP contribution in [0.25, 0.3) is 0 Å². The number of carbonyl (C=O) groups is 1. The normalized spacial score (nSPS) is 21.0. The summed E-state index contributed by atoms with van der Waals surface area (Å²) in [5, 5.41) is 3.44. The highest BCUT2D eigenvalue weighted by molar-refractivity contribution is 6.34. The summed E-state index contributed by atoms with van der Waals surface area (Å²) in [4.78, 5) is 16.2. The molecule has 1 aliphatic rings. The van der Waals surface area contributed by atoms with E-state index in [-0.39, 0.29) is 27.9 Å². The Morgan fingerprint density at radius 2 is 2.14 bits per heavy atom. The summed E-state index contributed by atoms with van der Waals surface area (Å²) in [6.07, 6.45) is 3.52. The first-order chi connectivity index (χ1) is 9.99. The van der Waals surface area contributed by atoms with E-state index in [4.69, 9.17) is 27.9 Å². The number of carbonyl (C=O) groups excluding carboxylic acids is 1. The number of pyridine rings is 1. The van der Waals surface area contributed by atoms with Crippen LogP contribution in [0.3, 0.4) is 0 Å². The summed E-state index contributed by atoms with van der Waals surface area (Å²) >= 11 is 11.7. The Kier molecular flexibility index (Phi) is 5.47. The Bertz CT molecular complexity index is 518. The quantitative estimate of drug-likeness (QED) is 0.853. The second kappa shape index (κ2) is 6.95. The van der Waals surface area contributed by atoms with E-state index in [1.807, 2.05) is 0 Å². The molecule has 1 amide bonds. The molecular formula is C15H20Cl2N2O2. The maximum absolute atomic E-state index is 12.3. The predicted octanol–water partition coefficient (Wildman–Crippen LogP) is 3.86. The summed E-state index contributed by atoms with van der Waals surface area (Å²) in [5.74, 6) is -0.211. The van der Waals surface area contributed by atoms with Crippen LogP contribution in [0.5, 0.6) is 0 Å². The average Bonchev–Trinajstić information content (AvgIpc) is 2.47. The number of aromatic nitrogens is 1. The molecule has 0 aliphatic carbocycles. The van der Waals surface area contributed by atoms with Crippen LogP contribution in [0, 0.1) is 0 Å². The molecule has 0 saturated carbocycles. The molecule has 1 atom stereocenters. The zero-order valence-corrected chi connectivity index (χ0v) is 13.8. The molecular weight excluding hydrogens is 311 g/mol. The first kappa shape index (κ1) is 16.5. The van der Waals surface area contributed by atoms with Gasteiger partial charge in [0.2, 0.25) is 0 Å². The topological polar surface area (TPSA) is 51.2 Å². The van der Waals surface area contributed by atoms with Gasteiger partial charge in [-0.05, 0) is 37.8 Å². The maximum Gasteiger partial charge on any atom is 0.254 e. The minimum absolute atomic E-state index is 0.0953. The fraction of sp³-hybridized carbons (Fsp3) is 0.600. The van der Waals surface area contributed by atoms with Crippen molar-refractivity contribution in [3.05, 3.63) is 28.0 Å². The lowest BCUT2D eigenvalue weighted by atomic mass is 9.86. The summed E-state index contributed by atoms with van der Waals surface area (Å²) in [6.45, 7) is 4.90. The Balaban J connectivity index is 2.05. The molecule has 116 valence electrons. The molecule has 1 aromatic heterocycles. The highest BCUT2D eigenvalue weighted by atomic mass is 35.5. The van der Waals surface area contributed by atoms with E-state index in [1.165, 1.54) is 0 Å². The van der Waals surface area contributed by atoms with Gasteiger partial charge in [0, 0.05) is 12.6 Å². The van der Waals surface area contributed by atoms with E-state index in [0.717, 1.165) is 25.7 Å². The van der Waals surface area contributed by atoms with Crippen molar-refractivity contribution in [2.45, 2.75) is 51.2 Å². The van der Waals surface area contributed by atoms with Gasteiger partial charge in [0.25, 0.3) is 5.91 Å². The Morgan fingerprint density at radius 1 is 1.43 bits per heavy atom. The highest BCUT2D eigenvalue weighted by Crippen LogP contribution is 2.31. The molecule has 2 heterocycles. The van der Waals surface area contributed by atoms with E-state index < -0.39 is 0 Å². The Morgan fingerprint density at radius 3 is 2.76 bits per heavy atom. The van der Waals surface area contributed by atoms with Gasteiger partial charge in [-0.25, -0.2) is 4.98 Å². The first-order valence-electron chi connectivity index (χ1n) is 7.26. The van der Waals surface area contributed by atoms with E-state index in [9.17, 15) is 4.79 Å². The van der Waals surface area contributed by atoms with Gasteiger partial charge in [-0.2, -0.15) is 0 Å². The van der Waals surface area contributed by atoms with Gasteiger partial charge in [0.1, 0.15) is 10.3 Å². The fourth-order valence-electron chi connectivity index (χ4n) is 2.74. The van der Waals surface area contributed by atoms with Gasteiger partial charge in [-0.1, -0.05) is 37.0 Å². The second-order valence-electron chi connectivity index (χ2n) is 5.37. The summed E-state index contributed by atoms with van der Waals surface area (Å²) in [5.41, 5.74) is 0.226. The van der Waals surface area contributed by atoms with Crippen LogP contribution in [0.15, 0.2) is 12.1 Å². The standard InChI is InChI=1S/C15H20Cl2N2O2/c1-3-15(4-2)9-10(7-8-21-15)18-14(20)11-5-6-12(16)19-13(11)17/h5-6,10H,3-4,7-9H2,1-2H3,(H,18,20). The van der Waals surface area contributed by atoms with Crippen LogP contribution >= 0.6 is 23.2 Å². The van der Waals surface area contributed by atoms with Crippen molar-refractivity contribution in [1.29, 1.82) is 0 Å². The van der Waals surface area contributed by atoms with E-state index in [1.54, 1.807) is 12.1 Å². The Hall–Kier alpha value is -0.840. The van der Waals surface area contributed by atoms with Gasteiger partial charge in [0.15, 0.2) is 0 Å². The van der Waals surface area contributed by atoms with Crippen molar-refractivity contribution in [1.82, 2.24) is 10.3 Å². The van der Waals surface area contributed by atoms with Gasteiger partial charge >= 0.3 is 0 Å². The molecule has 0 radical (unpaired) electrons. The number of halogens is 2. The van der Waals surface area contributed by atoms with Crippen molar-refractivity contribution < 1.29 is 9.53 Å². The van der Waals surface area contributed by atoms with Crippen molar-refractivity contribution in [3.8, 4) is 0 Å². The van der Waals surface area contributed by atoms with Gasteiger partial charge in [-0.15, -0.1) is 0 Å². The number of amides is 1. The molecule has 1 saturated heterocycles. The molecule has 0 spiro atoms. The minimum atomic E-state index is -0.211. The summed E-state index contributed by atoms with van der Waals surface area (Å²) in [6, 6.07) is 3.26. The largest absolute Gasteiger partial charge is 0.375 e. The smallest absolute Gasteiger partial charge is 0.254 e. The van der Waals surface area contributed by atoms with Crippen molar-refractivity contribution >= 4 is 29.1 Å². The molecule has 1 N–H and O–H groups in total. The second-order valence-corrected chi connectivity index (χ2v) is 6.12. The summed E-state index contributed by atoms with van der Waals surface area (Å²) < 4.78 is 5.91. The van der Waals surface area contributed by atoms with Crippen LogP contribution in [0.4, 0.5) is 0 Å². The monoisotopic (exact) mass is 330 g/mol. The fourth-order valence-corrected chi connectivity index (χ4v) is 3.17. The maximum atomic E-state index is 12.3. The first-order valence-corrected chi connectivity index (χ1v) is 8.02. The highest BCUT2D eigenvalue weighted by Gasteiger charge is 2.35. The van der Waals surface area contributed by atoms with Crippen molar-refractivity contribution in [2.24, 2.45) is 0 Å². The molecule has 1 aliphatic heterocycles. The lowest BCUT2D eigenvalue weighted by Gasteiger charge is -2.40. The lowest BCUT2D eigenvalue weighted by molar-refractivity contribution is -0.0917. The summed E-state index contributed by atoms with van der Waals surface area (Å²) in [7, 11) is 0. The third-order valence-corrected chi connectivity index (χ3v) is 4.67. The predicted molar refractivity (Wildman–Crippen MR) is 84.0 cm³/mol. The van der Waals surface area contributed by atoms with Crippen molar-refractivity contribution in [2.75, 3.05) is 6.61 Å². The average molecular weight is 331 g/mol. The zero-order valence-electron chi connectivity index (χ0n) is 12.3. The van der Waals surface area contributed by atoms with Crippen LogP contribution in [-0.2, 0) is 4.74 Å². The molecule has 1 unspecified atom stereocenters. The number of hydrogen-bond donors (Lipinski definition) is 1. The number of nitrogens with one attached hydrogen (secondary N) is 1. The van der Waals surface area contributed by atoms with Crippen molar-refractivity contribution in [3.63, 3.8) is 0 Å². The van der Waals surface area contributed by atoms with E-state index >= 15 is 0 Å². The molecule has 0 bridgehead atoms. The van der Waals surface area contributed by atoms with E-state index in [2.05, 4.69) is 24.1 Å². The number of ether oxygens (including phenoxy) is 1. The Labute approximate surface area is 135 Å². The van der Waals surface area contributed by atoms with Crippen LogP contribution in [0.1, 0.15) is 49.9 Å². The SMILES string of the molecule is CCC1(CC)CC(NC(=O)c2ccc(Cl)nc2Cl)CCO1. The van der Waals surface area contributed by atoms with Crippen LogP contribution in [0.2, 0.25) is 10.3 Å². The molecule has 4 nitrogen and oxygen atoms in total. The minimum Gasteiger partial charge on any atom is -0.375 e. The third-order valence-electron chi connectivity index (χ3n) is 4.18. The van der Waals surface area contributed by atoms with Crippen LogP contribution in [-0.4, -0.2) is 29.1 Å². The number of rotatable bonds is 4. The van der Waals surface area contributed by atoms with E-state index in [0.29, 0.717) is 12.2 Å². The third kappa shape index (κ3) is 3.87. The number of nitrogens with zero attached hydrogens (tertiary/aromatic N) is 1. The number of hydrogen-bond acceptors (Lipinski definition) is 3.